The molecule has 0 spiro atoms. The Kier molecular flexibility index (Phi) is 4.97. The SMILES string of the molecule is O=C(Cc1nnc(-c2cnc(NC3Cc4ccccc4C3)nc2F)o1)N1CCc2[nH]nnc2C1. The number of rotatable bonds is 5. The highest BCUT2D eigenvalue weighted by Crippen LogP contribution is 2.25. The highest BCUT2D eigenvalue weighted by molar-refractivity contribution is 5.78. The Labute approximate surface area is 192 Å². The number of benzene rings is 1. The van der Waals surface area contributed by atoms with Crippen LogP contribution in [0.5, 0.6) is 0 Å². The molecular weight excluding hydrogens is 441 g/mol. The topological polar surface area (TPSA) is 139 Å². The predicted molar refractivity (Wildman–Crippen MR) is 116 cm³/mol. The Morgan fingerprint density at radius 2 is 2.03 bits per heavy atom. The first-order valence-corrected chi connectivity index (χ1v) is 11.0. The van der Waals surface area contributed by atoms with Crippen LogP contribution < -0.4 is 5.32 Å². The van der Waals surface area contributed by atoms with Crippen LogP contribution in [0, 0.1) is 5.95 Å². The number of halogens is 1. The van der Waals surface area contributed by atoms with Crippen molar-refractivity contribution < 1.29 is 13.6 Å². The minimum absolute atomic E-state index is 0.0170. The molecule has 3 aromatic heterocycles. The monoisotopic (exact) mass is 461 g/mol. The lowest BCUT2D eigenvalue weighted by atomic mass is 10.1. The van der Waals surface area contributed by atoms with E-state index in [1.807, 2.05) is 12.1 Å². The van der Waals surface area contributed by atoms with Crippen LogP contribution in [0.4, 0.5) is 10.3 Å². The van der Waals surface area contributed by atoms with Gasteiger partial charge in [0.15, 0.2) is 0 Å². The Balaban J connectivity index is 1.10. The molecule has 0 radical (unpaired) electrons. The van der Waals surface area contributed by atoms with E-state index in [9.17, 15) is 9.18 Å². The summed E-state index contributed by atoms with van der Waals surface area (Å²) in [5.74, 6) is -0.734. The van der Waals surface area contributed by atoms with Crippen molar-refractivity contribution in [1.29, 1.82) is 0 Å². The average molecular weight is 461 g/mol. The molecule has 6 rings (SSSR count). The summed E-state index contributed by atoms with van der Waals surface area (Å²) >= 11 is 0. The minimum Gasteiger partial charge on any atom is -0.420 e. The highest BCUT2D eigenvalue weighted by atomic mass is 19.1. The van der Waals surface area contributed by atoms with Crippen molar-refractivity contribution in [2.24, 2.45) is 0 Å². The van der Waals surface area contributed by atoms with Crippen molar-refractivity contribution in [2.75, 3.05) is 11.9 Å². The fourth-order valence-corrected chi connectivity index (χ4v) is 4.41. The highest BCUT2D eigenvalue weighted by Gasteiger charge is 2.26. The van der Waals surface area contributed by atoms with Gasteiger partial charge >= 0.3 is 0 Å². The number of hydrogen-bond donors (Lipinski definition) is 2. The first-order valence-electron chi connectivity index (χ1n) is 11.0. The van der Waals surface area contributed by atoms with Gasteiger partial charge in [-0.1, -0.05) is 29.5 Å². The predicted octanol–water partition coefficient (Wildman–Crippen LogP) is 1.49. The van der Waals surface area contributed by atoms with Crippen LogP contribution in [0.25, 0.3) is 11.5 Å². The molecule has 0 bridgehead atoms. The molecule has 1 aliphatic heterocycles. The molecule has 0 saturated heterocycles. The van der Waals surface area contributed by atoms with E-state index in [1.54, 1.807) is 4.90 Å². The van der Waals surface area contributed by atoms with E-state index < -0.39 is 5.95 Å². The number of anilines is 1. The van der Waals surface area contributed by atoms with Crippen molar-refractivity contribution in [1.82, 2.24) is 40.5 Å². The second-order valence-electron chi connectivity index (χ2n) is 8.40. The summed E-state index contributed by atoms with van der Waals surface area (Å²) in [6.07, 6.45) is 3.53. The van der Waals surface area contributed by atoms with Gasteiger partial charge in [-0.15, -0.1) is 15.3 Å². The summed E-state index contributed by atoms with van der Waals surface area (Å²) in [6.45, 7) is 0.911. The fraction of sp³-hybridized carbons (Fsp3) is 0.318. The van der Waals surface area contributed by atoms with E-state index in [0.29, 0.717) is 19.5 Å². The summed E-state index contributed by atoms with van der Waals surface area (Å²) in [6, 6.07) is 8.31. The largest absolute Gasteiger partial charge is 0.420 e. The summed E-state index contributed by atoms with van der Waals surface area (Å²) in [7, 11) is 0. The molecule has 11 nitrogen and oxygen atoms in total. The van der Waals surface area contributed by atoms with E-state index in [1.165, 1.54) is 17.3 Å². The fourth-order valence-electron chi connectivity index (χ4n) is 4.41. The number of carbonyl (C=O) groups is 1. The van der Waals surface area contributed by atoms with Gasteiger partial charge in [0.25, 0.3) is 5.89 Å². The summed E-state index contributed by atoms with van der Waals surface area (Å²) < 4.78 is 20.3. The second kappa shape index (κ2) is 8.28. The molecule has 172 valence electrons. The lowest BCUT2D eigenvalue weighted by molar-refractivity contribution is -0.131. The smallest absolute Gasteiger partial charge is 0.253 e. The summed E-state index contributed by atoms with van der Waals surface area (Å²) in [5.41, 5.74) is 4.22. The Morgan fingerprint density at radius 1 is 1.21 bits per heavy atom. The van der Waals surface area contributed by atoms with Crippen molar-refractivity contribution >= 4 is 11.9 Å². The van der Waals surface area contributed by atoms with Crippen LogP contribution in [-0.4, -0.2) is 59.0 Å². The van der Waals surface area contributed by atoms with Crippen LogP contribution in [0.15, 0.2) is 34.9 Å². The molecule has 12 heteroatoms. The van der Waals surface area contributed by atoms with Gasteiger partial charge in [0, 0.05) is 25.2 Å². The third kappa shape index (κ3) is 3.87. The van der Waals surface area contributed by atoms with Crippen molar-refractivity contribution in [2.45, 2.75) is 38.3 Å². The zero-order valence-electron chi connectivity index (χ0n) is 18.0. The van der Waals surface area contributed by atoms with Crippen LogP contribution >= 0.6 is 0 Å². The maximum absolute atomic E-state index is 14.7. The lowest BCUT2D eigenvalue weighted by Gasteiger charge is -2.25. The maximum Gasteiger partial charge on any atom is 0.253 e. The Hall–Kier alpha value is -4.22. The van der Waals surface area contributed by atoms with Crippen molar-refractivity contribution in [3.8, 4) is 11.5 Å². The van der Waals surface area contributed by atoms with Gasteiger partial charge in [-0.25, -0.2) is 4.98 Å². The van der Waals surface area contributed by atoms with Crippen molar-refractivity contribution in [3.05, 3.63) is 64.8 Å². The van der Waals surface area contributed by atoms with Gasteiger partial charge in [0.2, 0.25) is 23.7 Å². The maximum atomic E-state index is 14.7. The van der Waals surface area contributed by atoms with Gasteiger partial charge in [-0.2, -0.15) is 9.37 Å². The second-order valence-corrected chi connectivity index (χ2v) is 8.40. The molecule has 1 aliphatic carbocycles. The molecule has 4 aromatic rings. The zero-order valence-corrected chi connectivity index (χ0v) is 18.0. The first-order chi connectivity index (χ1) is 16.6. The van der Waals surface area contributed by atoms with E-state index in [2.05, 4.69) is 53.0 Å². The van der Waals surface area contributed by atoms with Crippen molar-refractivity contribution in [3.63, 3.8) is 0 Å². The third-order valence-corrected chi connectivity index (χ3v) is 6.16. The number of amides is 1. The lowest BCUT2D eigenvalue weighted by Crippen LogP contribution is -2.37. The molecule has 0 saturated carbocycles. The van der Waals surface area contributed by atoms with Gasteiger partial charge in [-0.3, -0.25) is 9.89 Å². The number of aromatic nitrogens is 7. The summed E-state index contributed by atoms with van der Waals surface area (Å²) in [4.78, 5) is 22.4. The molecule has 0 atom stereocenters. The quantitative estimate of drug-likeness (QED) is 0.423. The van der Waals surface area contributed by atoms with E-state index >= 15 is 0 Å². The number of nitrogens with one attached hydrogen (secondary N) is 2. The normalized spacial score (nSPS) is 15.3. The van der Waals surface area contributed by atoms with Crippen LogP contribution in [0.3, 0.4) is 0 Å². The number of nitrogens with zero attached hydrogens (tertiary/aromatic N) is 7. The molecular formula is C22H20FN9O2. The zero-order chi connectivity index (χ0) is 23.1. The molecule has 2 aliphatic rings. The molecule has 0 unspecified atom stereocenters. The average Bonchev–Trinajstić information content (AvgIpc) is 3.58. The molecule has 1 aromatic carbocycles. The van der Waals surface area contributed by atoms with Gasteiger partial charge < -0.3 is 14.6 Å². The Bertz CT molecular complexity index is 1340. The molecule has 2 N–H and O–H groups in total. The molecule has 1 amide bonds. The van der Waals surface area contributed by atoms with E-state index in [0.717, 1.165) is 24.2 Å². The number of H-pyrrole nitrogens is 1. The number of carbonyl (C=O) groups excluding carboxylic acids is 1. The third-order valence-electron chi connectivity index (χ3n) is 6.16. The van der Waals surface area contributed by atoms with Gasteiger partial charge in [0.05, 0.1) is 12.2 Å². The number of hydrogen-bond acceptors (Lipinski definition) is 9. The number of aromatic amines is 1. The van der Waals surface area contributed by atoms with Crippen LogP contribution in [0.2, 0.25) is 0 Å². The molecule has 4 heterocycles. The Morgan fingerprint density at radius 3 is 2.82 bits per heavy atom. The molecule has 34 heavy (non-hydrogen) atoms. The molecule has 0 fully saturated rings. The summed E-state index contributed by atoms with van der Waals surface area (Å²) in [5, 5.41) is 21.5. The van der Waals surface area contributed by atoms with E-state index in [-0.39, 0.29) is 41.7 Å². The van der Waals surface area contributed by atoms with Crippen LogP contribution in [0.1, 0.15) is 28.4 Å². The van der Waals surface area contributed by atoms with Gasteiger partial charge in [-0.05, 0) is 24.0 Å². The van der Waals surface area contributed by atoms with E-state index in [4.69, 9.17) is 4.42 Å². The number of fused-ring (bicyclic) bond motifs is 2. The van der Waals surface area contributed by atoms with Gasteiger partial charge in [0.1, 0.15) is 17.7 Å². The standard InChI is InChI=1S/C22H20FN9O2/c23-20-15(10-24-22(26-20)25-14-7-12-3-1-2-4-13(12)8-14)21-30-29-18(34-21)9-19(33)32-6-5-16-17(11-32)28-31-27-16/h1-4,10,14H,5-9,11H2,(H,24,25,26)(H,27,28,31). The van der Waals surface area contributed by atoms with Crippen LogP contribution in [-0.2, 0) is 37.0 Å². The first kappa shape index (κ1) is 20.4. The minimum atomic E-state index is -0.774.